The fraction of sp³-hybridized carbons (Fsp3) is 0.462. The van der Waals surface area contributed by atoms with E-state index in [1.807, 2.05) is 24.3 Å². The normalized spacial score (nSPS) is 26.0. The van der Waals surface area contributed by atoms with Crippen LogP contribution in [0.25, 0.3) is 0 Å². The molecule has 1 aromatic carbocycles. The Morgan fingerprint density at radius 3 is 2.74 bits per heavy atom. The van der Waals surface area contributed by atoms with Gasteiger partial charge in [0.2, 0.25) is 0 Å². The summed E-state index contributed by atoms with van der Waals surface area (Å²) in [4.78, 5) is 13.8. The number of fused-ring (bicyclic) bond motifs is 1. The topological polar surface area (TPSA) is 63.7 Å². The molecule has 1 atom stereocenters. The van der Waals surface area contributed by atoms with Crippen LogP contribution in [0.5, 0.6) is 0 Å². The average molecular weight is 281 g/mol. The molecule has 0 radical (unpaired) electrons. The lowest BCUT2D eigenvalue weighted by atomic mass is 10.1. The van der Waals surface area contributed by atoms with E-state index in [4.69, 9.17) is 4.74 Å². The van der Waals surface area contributed by atoms with Crippen molar-refractivity contribution in [3.63, 3.8) is 0 Å². The number of rotatable bonds is 1. The fourth-order valence-corrected chi connectivity index (χ4v) is 4.40. The number of amides is 1. The van der Waals surface area contributed by atoms with Crippen LogP contribution in [0, 0.1) is 0 Å². The third-order valence-electron chi connectivity index (χ3n) is 3.58. The zero-order valence-electron chi connectivity index (χ0n) is 10.4. The van der Waals surface area contributed by atoms with Crippen molar-refractivity contribution in [3.8, 4) is 0 Å². The molecule has 0 saturated carbocycles. The van der Waals surface area contributed by atoms with Crippen molar-refractivity contribution >= 4 is 21.4 Å². The zero-order chi connectivity index (χ0) is 13.5. The first kappa shape index (κ1) is 12.6. The maximum absolute atomic E-state index is 12.2. The van der Waals surface area contributed by atoms with Gasteiger partial charge < -0.3 is 9.64 Å². The maximum Gasteiger partial charge on any atom is 0.253 e. The van der Waals surface area contributed by atoms with Gasteiger partial charge in [0.25, 0.3) is 5.91 Å². The number of nitrogens with zero attached hydrogens (tertiary/aromatic N) is 1. The first-order valence-electron chi connectivity index (χ1n) is 6.25. The monoisotopic (exact) mass is 281 g/mol. The van der Waals surface area contributed by atoms with Crippen molar-refractivity contribution in [1.82, 2.24) is 0 Å². The van der Waals surface area contributed by atoms with Gasteiger partial charge in [-0.05, 0) is 12.5 Å². The number of ether oxygens (including phenoxy) is 1. The summed E-state index contributed by atoms with van der Waals surface area (Å²) in [5.74, 6) is 0.0458. The van der Waals surface area contributed by atoms with Gasteiger partial charge in [0.1, 0.15) is 6.61 Å². The third kappa shape index (κ3) is 2.37. The van der Waals surface area contributed by atoms with Crippen molar-refractivity contribution < 1.29 is 17.9 Å². The van der Waals surface area contributed by atoms with E-state index < -0.39 is 9.84 Å². The number of carbonyl (C=O) groups is 1. The molecule has 102 valence electrons. The summed E-state index contributed by atoms with van der Waals surface area (Å²) in [7, 11) is -3.02. The Hall–Kier alpha value is -1.40. The lowest BCUT2D eigenvalue weighted by Crippen LogP contribution is -2.42. The van der Waals surface area contributed by atoms with Crippen molar-refractivity contribution in [2.24, 2.45) is 0 Å². The van der Waals surface area contributed by atoms with Crippen LogP contribution in [0.15, 0.2) is 24.3 Å². The first-order valence-corrected chi connectivity index (χ1v) is 8.07. The zero-order valence-corrected chi connectivity index (χ0v) is 11.2. The van der Waals surface area contributed by atoms with Gasteiger partial charge in [-0.1, -0.05) is 18.2 Å². The van der Waals surface area contributed by atoms with Crippen molar-refractivity contribution in [3.05, 3.63) is 29.8 Å². The number of carbonyl (C=O) groups excluding carboxylic acids is 1. The molecule has 0 spiro atoms. The number of hydrogen-bond donors (Lipinski definition) is 0. The summed E-state index contributed by atoms with van der Waals surface area (Å²) >= 11 is 0. The minimum atomic E-state index is -3.02. The standard InChI is InChI=1S/C13H15NO4S/c15-13-8-18-7-10-3-1-2-4-12(10)14(13)11-5-6-19(16,17)9-11/h1-4,11H,5-9H2/t11-/m1/s1. The highest BCUT2D eigenvalue weighted by molar-refractivity contribution is 7.91. The number of anilines is 1. The molecule has 6 heteroatoms. The minimum absolute atomic E-state index is 0.00519. The molecule has 1 aromatic rings. The third-order valence-corrected chi connectivity index (χ3v) is 5.33. The maximum atomic E-state index is 12.2. The van der Waals surface area contributed by atoms with Gasteiger partial charge in [0, 0.05) is 11.3 Å². The number of benzene rings is 1. The summed E-state index contributed by atoms with van der Waals surface area (Å²) < 4.78 is 28.6. The second-order valence-electron chi connectivity index (χ2n) is 4.94. The Morgan fingerprint density at radius 1 is 1.21 bits per heavy atom. The van der Waals surface area contributed by atoms with Gasteiger partial charge in [-0.3, -0.25) is 4.79 Å². The molecule has 0 unspecified atom stereocenters. The Balaban J connectivity index is 2.01. The van der Waals surface area contributed by atoms with Crippen LogP contribution in [-0.4, -0.2) is 38.5 Å². The fourth-order valence-electron chi connectivity index (χ4n) is 2.70. The highest BCUT2D eigenvalue weighted by Gasteiger charge is 2.37. The summed E-state index contributed by atoms with van der Waals surface area (Å²) in [6, 6.07) is 7.24. The molecular formula is C13H15NO4S. The molecular weight excluding hydrogens is 266 g/mol. The van der Waals surface area contributed by atoms with Gasteiger partial charge in [0.15, 0.2) is 9.84 Å². The lowest BCUT2D eigenvalue weighted by molar-refractivity contribution is -0.123. The summed E-state index contributed by atoms with van der Waals surface area (Å²) in [6.07, 6.45) is 0.502. The van der Waals surface area contributed by atoms with Gasteiger partial charge in [-0.25, -0.2) is 8.42 Å². The molecule has 5 nitrogen and oxygen atoms in total. The molecule has 2 aliphatic rings. The highest BCUT2D eigenvalue weighted by Crippen LogP contribution is 2.30. The van der Waals surface area contributed by atoms with E-state index in [-0.39, 0.29) is 30.1 Å². The van der Waals surface area contributed by atoms with Gasteiger partial charge >= 0.3 is 0 Å². The van der Waals surface area contributed by atoms with Gasteiger partial charge in [-0.15, -0.1) is 0 Å². The minimum Gasteiger partial charge on any atom is -0.367 e. The predicted octanol–water partition coefficient (Wildman–Crippen LogP) is 0.737. The molecule has 19 heavy (non-hydrogen) atoms. The number of sulfone groups is 1. The predicted molar refractivity (Wildman–Crippen MR) is 70.6 cm³/mol. The summed E-state index contributed by atoms with van der Waals surface area (Å²) in [5, 5.41) is 0. The van der Waals surface area contributed by atoms with E-state index >= 15 is 0 Å². The van der Waals surface area contributed by atoms with Crippen molar-refractivity contribution in [2.45, 2.75) is 19.1 Å². The molecule has 0 bridgehead atoms. The van der Waals surface area contributed by atoms with Crippen molar-refractivity contribution in [1.29, 1.82) is 0 Å². The highest BCUT2D eigenvalue weighted by atomic mass is 32.2. The average Bonchev–Trinajstić information content (AvgIpc) is 2.63. The molecule has 0 aliphatic carbocycles. The molecule has 1 amide bonds. The van der Waals surface area contributed by atoms with Gasteiger partial charge in [-0.2, -0.15) is 0 Å². The summed E-state index contributed by atoms with van der Waals surface area (Å²) in [5.41, 5.74) is 1.71. The Kier molecular flexibility index (Phi) is 3.06. The van der Waals surface area contributed by atoms with E-state index in [2.05, 4.69) is 0 Å². The SMILES string of the molecule is O=C1COCc2ccccc2N1[C@@H]1CCS(=O)(=O)C1. The van der Waals surface area contributed by atoms with Gasteiger partial charge in [0.05, 0.1) is 24.2 Å². The van der Waals surface area contributed by atoms with E-state index in [1.165, 1.54) is 0 Å². The van der Waals surface area contributed by atoms with Crippen LogP contribution in [0.3, 0.4) is 0 Å². The lowest BCUT2D eigenvalue weighted by Gasteiger charge is -2.27. The number of hydrogen-bond acceptors (Lipinski definition) is 4. The molecule has 2 aliphatic heterocycles. The smallest absolute Gasteiger partial charge is 0.253 e. The van der Waals surface area contributed by atoms with Crippen LogP contribution in [0.1, 0.15) is 12.0 Å². The van der Waals surface area contributed by atoms with Crippen LogP contribution in [0.2, 0.25) is 0 Å². The van der Waals surface area contributed by atoms with Crippen molar-refractivity contribution in [2.75, 3.05) is 23.0 Å². The quantitative estimate of drug-likeness (QED) is 0.761. The van der Waals surface area contributed by atoms with Crippen LogP contribution < -0.4 is 4.90 Å². The Labute approximate surface area is 112 Å². The number of para-hydroxylation sites is 1. The van der Waals surface area contributed by atoms with Crippen LogP contribution >= 0.6 is 0 Å². The molecule has 3 rings (SSSR count). The van der Waals surface area contributed by atoms with Crippen LogP contribution in [-0.2, 0) is 26.0 Å². The molecule has 1 fully saturated rings. The first-order chi connectivity index (χ1) is 9.07. The van der Waals surface area contributed by atoms with E-state index in [0.29, 0.717) is 13.0 Å². The van der Waals surface area contributed by atoms with E-state index in [9.17, 15) is 13.2 Å². The molecule has 2 heterocycles. The molecule has 0 aromatic heterocycles. The Bertz CT molecular complexity index is 611. The van der Waals surface area contributed by atoms with E-state index in [0.717, 1.165) is 11.3 Å². The molecule has 1 saturated heterocycles. The Morgan fingerprint density at radius 2 is 2.00 bits per heavy atom. The second kappa shape index (κ2) is 4.61. The summed E-state index contributed by atoms with van der Waals surface area (Å²) in [6.45, 7) is 0.392. The largest absolute Gasteiger partial charge is 0.367 e. The molecule has 0 N–H and O–H groups in total. The van der Waals surface area contributed by atoms with E-state index in [1.54, 1.807) is 4.90 Å². The van der Waals surface area contributed by atoms with Crippen LogP contribution in [0.4, 0.5) is 5.69 Å². The second-order valence-corrected chi connectivity index (χ2v) is 7.17.